The van der Waals surface area contributed by atoms with Crippen molar-refractivity contribution < 1.29 is 14.3 Å². The fraction of sp³-hybridized carbons (Fsp3) is 0.0667. The number of rotatable bonds is 3. The Balaban J connectivity index is 2.09. The van der Waals surface area contributed by atoms with Crippen LogP contribution in [0, 0.1) is 11.3 Å². The van der Waals surface area contributed by atoms with E-state index in [1.165, 1.54) is 0 Å². The molecule has 2 aromatic carbocycles. The molecule has 4 nitrogen and oxygen atoms in total. The van der Waals surface area contributed by atoms with E-state index < -0.39 is 5.97 Å². The van der Waals surface area contributed by atoms with Gasteiger partial charge in [-0.05, 0) is 48.5 Å². The zero-order chi connectivity index (χ0) is 13.7. The molecule has 0 saturated heterocycles. The van der Waals surface area contributed by atoms with Gasteiger partial charge >= 0.3 is 5.97 Å². The molecule has 0 radical (unpaired) electrons. The first-order valence-corrected chi connectivity index (χ1v) is 5.59. The van der Waals surface area contributed by atoms with Crippen molar-refractivity contribution >= 4 is 5.97 Å². The number of ether oxygens (including phenoxy) is 2. The van der Waals surface area contributed by atoms with Crippen molar-refractivity contribution in [2.24, 2.45) is 0 Å². The highest BCUT2D eigenvalue weighted by Gasteiger charge is 2.08. The first-order valence-electron chi connectivity index (χ1n) is 5.59. The molecule has 0 unspecified atom stereocenters. The maximum atomic E-state index is 11.8. The lowest BCUT2D eigenvalue weighted by Gasteiger charge is -2.05. The number of benzene rings is 2. The van der Waals surface area contributed by atoms with E-state index in [0.717, 1.165) is 0 Å². The van der Waals surface area contributed by atoms with E-state index in [1.54, 1.807) is 55.6 Å². The van der Waals surface area contributed by atoms with Crippen LogP contribution in [-0.2, 0) is 0 Å². The minimum absolute atomic E-state index is 0.403. The maximum Gasteiger partial charge on any atom is 0.343 e. The SMILES string of the molecule is COc1ccc(C(=O)Oc2ccc(C#N)cc2)cc1. The van der Waals surface area contributed by atoms with Gasteiger partial charge in [-0.15, -0.1) is 0 Å². The van der Waals surface area contributed by atoms with Gasteiger partial charge in [-0.1, -0.05) is 0 Å². The molecule has 0 saturated carbocycles. The Morgan fingerprint density at radius 2 is 1.58 bits per heavy atom. The first-order chi connectivity index (χ1) is 9.22. The summed E-state index contributed by atoms with van der Waals surface area (Å²) in [5.41, 5.74) is 0.953. The molecule has 94 valence electrons. The molecule has 0 aliphatic carbocycles. The van der Waals surface area contributed by atoms with Crippen molar-refractivity contribution in [3.05, 3.63) is 59.7 Å². The lowest BCUT2D eigenvalue weighted by molar-refractivity contribution is 0.0734. The van der Waals surface area contributed by atoms with Crippen molar-refractivity contribution in [1.82, 2.24) is 0 Å². The summed E-state index contributed by atoms with van der Waals surface area (Å²) in [6.07, 6.45) is 0. The van der Waals surface area contributed by atoms with Crippen LogP contribution in [0.5, 0.6) is 11.5 Å². The Bertz CT molecular complexity index is 609. The van der Waals surface area contributed by atoms with Crippen molar-refractivity contribution in [2.75, 3.05) is 7.11 Å². The van der Waals surface area contributed by atoms with E-state index in [4.69, 9.17) is 14.7 Å². The summed E-state index contributed by atoms with van der Waals surface area (Å²) in [5.74, 6) is 0.627. The van der Waals surface area contributed by atoms with Crippen LogP contribution in [0.25, 0.3) is 0 Å². The second-order valence-corrected chi connectivity index (χ2v) is 3.75. The normalized spacial score (nSPS) is 9.47. The van der Waals surface area contributed by atoms with E-state index in [9.17, 15) is 4.79 Å². The highest BCUT2D eigenvalue weighted by molar-refractivity contribution is 5.91. The summed E-state index contributed by atoms with van der Waals surface area (Å²) in [6, 6.07) is 15.0. The Labute approximate surface area is 110 Å². The van der Waals surface area contributed by atoms with Gasteiger partial charge in [-0.3, -0.25) is 0 Å². The van der Waals surface area contributed by atoms with E-state index in [2.05, 4.69) is 0 Å². The van der Waals surface area contributed by atoms with Crippen molar-refractivity contribution in [2.45, 2.75) is 0 Å². The van der Waals surface area contributed by atoms with Crippen molar-refractivity contribution in [3.63, 3.8) is 0 Å². The zero-order valence-corrected chi connectivity index (χ0v) is 10.3. The van der Waals surface area contributed by atoms with Gasteiger partial charge in [0.2, 0.25) is 0 Å². The standard InChI is InChI=1S/C15H11NO3/c1-18-13-8-4-12(5-9-13)15(17)19-14-6-2-11(10-16)3-7-14/h2-9H,1H3. The summed E-state index contributed by atoms with van der Waals surface area (Å²) in [6.45, 7) is 0. The summed E-state index contributed by atoms with van der Waals surface area (Å²) in [4.78, 5) is 11.8. The molecule has 0 aliphatic heterocycles. The number of methoxy groups -OCH3 is 1. The monoisotopic (exact) mass is 253 g/mol. The molecule has 19 heavy (non-hydrogen) atoms. The molecule has 0 bridgehead atoms. The second-order valence-electron chi connectivity index (χ2n) is 3.75. The number of carbonyl (C=O) groups excluding carboxylic acids is 1. The van der Waals surface area contributed by atoms with Crippen LogP contribution < -0.4 is 9.47 Å². The molecular weight excluding hydrogens is 242 g/mol. The van der Waals surface area contributed by atoms with Gasteiger partial charge in [0.15, 0.2) is 0 Å². The molecule has 0 fully saturated rings. The zero-order valence-electron chi connectivity index (χ0n) is 10.3. The predicted octanol–water partition coefficient (Wildman–Crippen LogP) is 2.79. The summed E-state index contributed by atoms with van der Waals surface area (Å²) in [5, 5.41) is 8.67. The number of carbonyl (C=O) groups is 1. The molecule has 0 spiro atoms. The van der Waals surface area contributed by atoms with E-state index >= 15 is 0 Å². The predicted molar refractivity (Wildman–Crippen MR) is 69.1 cm³/mol. The molecule has 0 N–H and O–H groups in total. The maximum absolute atomic E-state index is 11.8. The number of nitrogens with zero attached hydrogens (tertiary/aromatic N) is 1. The van der Waals surface area contributed by atoms with Crippen LogP contribution in [0.2, 0.25) is 0 Å². The minimum Gasteiger partial charge on any atom is -0.497 e. The Kier molecular flexibility index (Phi) is 3.79. The average Bonchev–Trinajstić information content (AvgIpc) is 2.48. The Hall–Kier alpha value is -2.80. The third-order valence-electron chi connectivity index (χ3n) is 2.52. The second kappa shape index (κ2) is 5.69. The Morgan fingerprint density at radius 3 is 2.11 bits per heavy atom. The lowest BCUT2D eigenvalue weighted by Crippen LogP contribution is -2.08. The molecule has 2 rings (SSSR count). The first kappa shape index (κ1) is 12.7. The number of hydrogen-bond donors (Lipinski definition) is 0. The minimum atomic E-state index is -0.452. The van der Waals surface area contributed by atoms with Gasteiger partial charge in [-0.2, -0.15) is 5.26 Å². The highest BCUT2D eigenvalue weighted by atomic mass is 16.5. The third kappa shape index (κ3) is 3.11. The van der Waals surface area contributed by atoms with Gasteiger partial charge in [0.05, 0.1) is 24.3 Å². The quantitative estimate of drug-likeness (QED) is 0.623. The van der Waals surface area contributed by atoms with E-state index in [1.807, 2.05) is 6.07 Å². The van der Waals surface area contributed by atoms with Crippen LogP contribution in [0.3, 0.4) is 0 Å². The van der Waals surface area contributed by atoms with Gasteiger partial charge in [0.1, 0.15) is 11.5 Å². The Morgan fingerprint density at radius 1 is 1.00 bits per heavy atom. The summed E-state index contributed by atoms with van der Waals surface area (Å²) < 4.78 is 10.2. The smallest absolute Gasteiger partial charge is 0.343 e. The molecule has 0 heterocycles. The van der Waals surface area contributed by atoms with Gasteiger partial charge in [-0.25, -0.2) is 4.79 Å². The van der Waals surface area contributed by atoms with E-state index in [-0.39, 0.29) is 0 Å². The van der Waals surface area contributed by atoms with Gasteiger partial charge in [0.25, 0.3) is 0 Å². The topological polar surface area (TPSA) is 59.3 Å². The molecule has 4 heteroatoms. The van der Waals surface area contributed by atoms with Gasteiger partial charge < -0.3 is 9.47 Å². The molecule has 0 atom stereocenters. The molecule has 0 amide bonds. The number of hydrogen-bond acceptors (Lipinski definition) is 4. The van der Waals surface area contributed by atoms with Crippen molar-refractivity contribution in [1.29, 1.82) is 5.26 Å². The fourth-order valence-corrected chi connectivity index (χ4v) is 1.49. The van der Waals surface area contributed by atoms with Crippen LogP contribution in [0.1, 0.15) is 15.9 Å². The average molecular weight is 253 g/mol. The highest BCUT2D eigenvalue weighted by Crippen LogP contribution is 2.16. The van der Waals surface area contributed by atoms with Gasteiger partial charge in [0, 0.05) is 0 Å². The van der Waals surface area contributed by atoms with Crippen LogP contribution in [0.15, 0.2) is 48.5 Å². The molecule has 0 aliphatic rings. The molecule has 0 aromatic heterocycles. The third-order valence-corrected chi connectivity index (χ3v) is 2.52. The number of esters is 1. The number of nitriles is 1. The van der Waals surface area contributed by atoms with E-state index in [0.29, 0.717) is 22.6 Å². The summed E-state index contributed by atoms with van der Waals surface area (Å²) >= 11 is 0. The van der Waals surface area contributed by atoms with Crippen molar-refractivity contribution in [3.8, 4) is 17.6 Å². The largest absolute Gasteiger partial charge is 0.497 e. The molecule has 2 aromatic rings. The van der Waals surface area contributed by atoms with Crippen LogP contribution in [0.4, 0.5) is 0 Å². The fourth-order valence-electron chi connectivity index (χ4n) is 1.49. The summed E-state index contributed by atoms with van der Waals surface area (Å²) in [7, 11) is 1.56. The van der Waals surface area contributed by atoms with Crippen LogP contribution >= 0.6 is 0 Å². The lowest BCUT2D eigenvalue weighted by atomic mass is 10.2. The molecular formula is C15H11NO3. The van der Waals surface area contributed by atoms with Crippen LogP contribution in [-0.4, -0.2) is 13.1 Å².